The molecule has 4 heteroatoms. The van der Waals surface area contributed by atoms with Crippen molar-refractivity contribution in [2.45, 2.75) is 45.6 Å². The van der Waals surface area contributed by atoms with Crippen molar-refractivity contribution < 1.29 is 9.53 Å². The average Bonchev–Trinajstić information content (AvgIpc) is 3.24. The fourth-order valence-corrected chi connectivity index (χ4v) is 3.04. The third-order valence-electron chi connectivity index (χ3n) is 4.65. The minimum absolute atomic E-state index is 0.260. The second kappa shape index (κ2) is 6.23. The number of hydrogen-bond donors (Lipinski definition) is 1. The van der Waals surface area contributed by atoms with Gasteiger partial charge < -0.3 is 15.0 Å². The van der Waals surface area contributed by atoms with Crippen LogP contribution < -0.4 is 5.32 Å². The summed E-state index contributed by atoms with van der Waals surface area (Å²) in [7, 11) is 1.70. The maximum Gasteiger partial charge on any atom is 0.228 e. The summed E-state index contributed by atoms with van der Waals surface area (Å²) in [6.45, 7) is 7.69. The molecule has 1 amide bonds. The molecule has 1 atom stereocenters. The third kappa shape index (κ3) is 3.48. The molecular formula is C15H28N2O2. The summed E-state index contributed by atoms with van der Waals surface area (Å²) >= 11 is 0. The first kappa shape index (κ1) is 14.8. The predicted octanol–water partition coefficient (Wildman–Crippen LogP) is 1.65. The zero-order valence-corrected chi connectivity index (χ0v) is 12.6. The van der Waals surface area contributed by atoms with Crippen LogP contribution in [0.5, 0.6) is 0 Å². The van der Waals surface area contributed by atoms with E-state index in [1.165, 1.54) is 6.42 Å². The number of nitrogens with zero attached hydrogens (tertiary/aromatic N) is 1. The van der Waals surface area contributed by atoms with Gasteiger partial charge in [-0.05, 0) is 44.7 Å². The summed E-state index contributed by atoms with van der Waals surface area (Å²) in [6.07, 6.45) is 4.67. The quantitative estimate of drug-likeness (QED) is 0.796. The van der Waals surface area contributed by atoms with E-state index < -0.39 is 0 Å². The third-order valence-corrected chi connectivity index (χ3v) is 4.65. The maximum atomic E-state index is 12.9. The Balaban J connectivity index is 2.01. The van der Waals surface area contributed by atoms with Gasteiger partial charge in [0.15, 0.2) is 0 Å². The van der Waals surface area contributed by atoms with E-state index in [9.17, 15) is 4.79 Å². The maximum absolute atomic E-state index is 12.9. The molecule has 2 rings (SSSR count). The van der Waals surface area contributed by atoms with E-state index >= 15 is 0 Å². The first-order valence-electron chi connectivity index (χ1n) is 7.58. The number of rotatable bonds is 6. The molecule has 0 radical (unpaired) electrons. The van der Waals surface area contributed by atoms with Crippen molar-refractivity contribution in [1.29, 1.82) is 0 Å². The fraction of sp³-hybridized carbons (Fsp3) is 0.933. The fourth-order valence-electron chi connectivity index (χ4n) is 3.04. The van der Waals surface area contributed by atoms with Gasteiger partial charge in [-0.25, -0.2) is 0 Å². The first-order valence-corrected chi connectivity index (χ1v) is 7.58. The largest absolute Gasteiger partial charge is 0.383 e. The van der Waals surface area contributed by atoms with Crippen molar-refractivity contribution in [3.05, 3.63) is 0 Å². The van der Waals surface area contributed by atoms with E-state index in [0.29, 0.717) is 24.5 Å². The van der Waals surface area contributed by atoms with E-state index in [2.05, 4.69) is 24.1 Å². The van der Waals surface area contributed by atoms with Gasteiger partial charge in [0.1, 0.15) is 0 Å². The molecule has 0 spiro atoms. The van der Waals surface area contributed by atoms with Crippen molar-refractivity contribution >= 4 is 5.91 Å². The van der Waals surface area contributed by atoms with Gasteiger partial charge >= 0.3 is 0 Å². The molecule has 0 aromatic rings. The highest BCUT2D eigenvalue weighted by Gasteiger charge is 2.43. The van der Waals surface area contributed by atoms with Crippen LogP contribution in [0.3, 0.4) is 0 Å². The van der Waals surface area contributed by atoms with Crippen molar-refractivity contribution in [2.24, 2.45) is 11.3 Å². The molecule has 1 unspecified atom stereocenters. The van der Waals surface area contributed by atoms with Crippen LogP contribution in [0.15, 0.2) is 0 Å². The molecule has 1 N–H and O–H groups in total. The van der Waals surface area contributed by atoms with Crippen LogP contribution in [0.4, 0.5) is 0 Å². The van der Waals surface area contributed by atoms with Crippen LogP contribution in [0.1, 0.15) is 39.5 Å². The molecule has 1 aliphatic heterocycles. The van der Waals surface area contributed by atoms with Crippen molar-refractivity contribution in [3.63, 3.8) is 0 Å². The number of carbonyl (C=O) groups excluding carboxylic acids is 1. The van der Waals surface area contributed by atoms with Gasteiger partial charge in [-0.2, -0.15) is 0 Å². The molecule has 2 fully saturated rings. The van der Waals surface area contributed by atoms with Gasteiger partial charge in [-0.15, -0.1) is 0 Å². The molecule has 110 valence electrons. The Morgan fingerprint density at radius 3 is 2.63 bits per heavy atom. The molecule has 1 saturated carbocycles. The standard InChI is InChI=1S/C15H28N2O2/c1-15(2,12-5-4-8-16-11-12)14(18)17(9-10-19-3)13-6-7-13/h12-13,16H,4-11H2,1-3H3. The molecule has 1 heterocycles. The van der Waals surface area contributed by atoms with E-state index in [-0.39, 0.29) is 5.41 Å². The van der Waals surface area contributed by atoms with Gasteiger partial charge in [-0.1, -0.05) is 13.8 Å². The summed E-state index contributed by atoms with van der Waals surface area (Å²) in [5, 5.41) is 3.43. The minimum atomic E-state index is -0.260. The van der Waals surface area contributed by atoms with E-state index in [4.69, 9.17) is 4.74 Å². The Hall–Kier alpha value is -0.610. The topological polar surface area (TPSA) is 41.6 Å². The lowest BCUT2D eigenvalue weighted by Crippen LogP contribution is -2.50. The number of nitrogens with one attached hydrogen (secondary N) is 1. The second-order valence-electron chi connectivity index (χ2n) is 6.49. The van der Waals surface area contributed by atoms with Crippen LogP contribution in [-0.4, -0.2) is 50.2 Å². The Kier molecular flexibility index (Phi) is 4.85. The number of amides is 1. The van der Waals surface area contributed by atoms with E-state index in [1.807, 2.05) is 0 Å². The van der Waals surface area contributed by atoms with Crippen LogP contribution in [-0.2, 0) is 9.53 Å². The number of hydrogen-bond acceptors (Lipinski definition) is 3. The van der Waals surface area contributed by atoms with Crippen LogP contribution in [0, 0.1) is 11.3 Å². The van der Waals surface area contributed by atoms with Gasteiger partial charge in [0, 0.05) is 25.1 Å². The molecule has 2 aliphatic rings. The number of carbonyl (C=O) groups is 1. The zero-order valence-electron chi connectivity index (χ0n) is 12.6. The Morgan fingerprint density at radius 2 is 2.11 bits per heavy atom. The number of methoxy groups -OCH3 is 1. The van der Waals surface area contributed by atoms with Gasteiger partial charge in [0.05, 0.1) is 6.61 Å². The van der Waals surface area contributed by atoms with Crippen LogP contribution >= 0.6 is 0 Å². The number of piperidine rings is 1. The first-order chi connectivity index (χ1) is 9.07. The lowest BCUT2D eigenvalue weighted by Gasteiger charge is -2.39. The molecule has 0 aromatic heterocycles. The lowest BCUT2D eigenvalue weighted by atomic mass is 9.74. The monoisotopic (exact) mass is 268 g/mol. The highest BCUT2D eigenvalue weighted by atomic mass is 16.5. The minimum Gasteiger partial charge on any atom is -0.383 e. The average molecular weight is 268 g/mol. The van der Waals surface area contributed by atoms with Crippen molar-refractivity contribution in [1.82, 2.24) is 10.2 Å². The van der Waals surface area contributed by atoms with Gasteiger partial charge in [-0.3, -0.25) is 4.79 Å². The Morgan fingerprint density at radius 1 is 1.37 bits per heavy atom. The summed E-state index contributed by atoms with van der Waals surface area (Å²) < 4.78 is 5.15. The molecular weight excluding hydrogens is 240 g/mol. The van der Waals surface area contributed by atoms with E-state index in [1.54, 1.807) is 7.11 Å². The molecule has 1 saturated heterocycles. The zero-order chi connectivity index (χ0) is 13.9. The molecule has 0 bridgehead atoms. The summed E-state index contributed by atoms with van der Waals surface area (Å²) in [5.74, 6) is 0.776. The summed E-state index contributed by atoms with van der Waals surface area (Å²) in [4.78, 5) is 15.0. The lowest BCUT2D eigenvalue weighted by molar-refractivity contribution is -0.145. The predicted molar refractivity (Wildman–Crippen MR) is 76.0 cm³/mol. The SMILES string of the molecule is COCCN(C(=O)C(C)(C)C1CCCNC1)C1CC1. The molecule has 4 nitrogen and oxygen atoms in total. The summed E-state index contributed by atoms with van der Waals surface area (Å²) in [5.41, 5.74) is -0.260. The van der Waals surface area contributed by atoms with Crippen molar-refractivity contribution in [3.8, 4) is 0 Å². The highest BCUT2D eigenvalue weighted by molar-refractivity contribution is 5.83. The van der Waals surface area contributed by atoms with Gasteiger partial charge in [0.2, 0.25) is 5.91 Å². The number of ether oxygens (including phenoxy) is 1. The molecule has 0 aromatic carbocycles. The molecule has 1 aliphatic carbocycles. The van der Waals surface area contributed by atoms with Crippen LogP contribution in [0.2, 0.25) is 0 Å². The van der Waals surface area contributed by atoms with Crippen LogP contribution in [0.25, 0.3) is 0 Å². The summed E-state index contributed by atoms with van der Waals surface area (Å²) in [6, 6.07) is 0.471. The van der Waals surface area contributed by atoms with E-state index in [0.717, 1.165) is 38.9 Å². The highest BCUT2D eigenvalue weighted by Crippen LogP contribution is 2.37. The smallest absolute Gasteiger partial charge is 0.228 e. The Bertz CT molecular complexity index is 307. The normalized spacial score (nSPS) is 24.3. The Labute approximate surface area is 116 Å². The molecule has 19 heavy (non-hydrogen) atoms. The van der Waals surface area contributed by atoms with Gasteiger partial charge in [0.25, 0.3) is 0 Å². The second-order valence-corrected chi connectivity index (χ2v) is 6.49. The van der Waals surface area contributed by atoms with Crippen molar-refractivity contribution in [2.75, 3.05) is 33.4 Å².